The molecule has 0 radical (unpaired) electrons. The van der Waals surface area contributed by atoms with Gasteiger partial charge in [0.05, 0.1) is 10.6 Å². The van der Waals surface area contributed by atoms with Crippen LogP contribution in [-0.4, -0.2) is 29.9 Å². The molecule has 0 saturated carbocycles. The zero-order valence-corrected chi connectivity index (χ0v) is 18.0. The van der Waals surface area contributed by atoms with E-state index in [1.807, 2.05) is 6.26 Å². The van der Waals surface area contributed by atoms with Crippen LogP contribution in [0, 0.1) is 11.6 Å². The lowest BCUT2D eigenvalue weighted by Gasteiger charge is -2.21. The summed E-state index contributed by atoms with van der Waals surface area (Å²) < 4.78 is 32.3. The van der Waals surface area contributed by atoms with E-state index in [0.717, 1.165) is 12.1 Å². The van der Waals surface area contributed by atoms with Gasteiger partial charge in [-0.3, -0.25) is 4.79 Å². The quantitative estimate of drug-likeness (QED) is 0.532. The molecule has 2 aromatic rings. The van der Waals surface area contributed by atoms with Crippen LogP contribution in [0.15, 0.2) is 36.4 Å². The Bertz CT molecular complexity index is 898. The van der Waals surface area contributed by atoms with Gasteiger partial charge in [-0.1, -0.05) is 23.2 Å². The van der Waals surface area contributed by atoms with Crippen molar-refractivity contribution in [2.75, 3.05) is 12.0 Å². The number of nitrogens with one attached hydrogen (secondary N) is 1. The maximum absolute atomic E-state index is 13.9. The van der Waals surface area contributed by atoms with Crippen LogP contribution < -0.4 is 5.32 Å². The Balaban J connectivity index is 2.13. The summed E-state index contributed by atoms with van der Waals surface area (Å²) in [5.74, 6) is -2.25. The Morgan fingerprint density at radius 2 is 1.90 bits per heavy atom. The van der Waals surface area contributed by atoms with Crippen LogP contribution in [0.4, 0.5) is 8.78 Å². The molecule has 2 atom stereocenters. The molecule has 0 aliphatic heterocycles. The number of amides is 1. The average molecular weight is 462 g/mol. The number of halogens is 4. The molecule has 0 aliphatic rings. The smallest absolute Gasteiger partial charge is 0.329 e. The summed E-state index contributed by atoms with van der Waals surface area (Å²) in [6.45, 7) is 1.47. The minimum atomic E-state index is -0.965. The Morgan fingerprint density at radius 1 is 1.17 bits per heavy atom. The Morgan fingerprint density at radius 3 is 2.52 bits per heavy atom. The fourth-order valence-corrected chi connectivity index (χ4v) is 3.51. The molecule has 29 heavy (non-hydrogen) atoms. The van der Waals surface area contributed by atoms with Gasteiger partial charge in [0.1, 0.15) is 23.8 Å². The van der Waals surface area contributed by atoms with E-state index in [4.69, 9.17) is 27.9 Å². The van der Waals surface area contributed by atoms with Gasteiger partial charge in [-0.25, -0.2) is 13.6 Å². The highest BCUT2D eigenvalue weighted by molar-refractivity contribution is 7.98. The van der Waals surface area contributed by atoms with E-state index in [9.17, 15) is 18.4 Å². The summed E-state index contributed by atoms with van der Waals surface area (Å²) >= 11 is 13.4. The van der Waals surface area contributed by atoms with Crippen molar-refractivity contribution in [1.29, 1.82) is 0 Å². The van der Waals surface area contributed by atoms with Gasteiger partial charge in [0.2, 0.25) is 0 Å². The van der Waals surface area contributed by atoms with Crippen molar-refractivity contribution in [2.24, 2.45) is 0 Å². The number of carbonyl (C=O) groups is 2. The Kier molecular flexibility index (Phi) is 8.74. The summed E-state index contributed by atoms with van der Waals surface area (Å²) in [5.41, 5.74) is 0.200. The van der Waals surface area contributed by atoms with Gasteiger partial charge in [0.15, 0.2) is 0 Å². The highest BCUT2D eigenvalue weighted by atomic mass is 35.5. The second-order valence-electron chi connectivity index (χ2n) is 6.18. The first kappa shape index (κ1) is 23.4. The summed E-state index contributed by atoms with van der Waals surface area (Å²) in [7, 11) is 0. The summed E-state index contributed by atoms with van der Waals surface area (Å²) in [4.78, 5) is 25.2. The van der Waals surface area contributed by atoms with Crippen molar-refractivity contribution in [3.63, 3.8) is 0 Å². The van der Waals surface area contributed by atoms with Crippen LogP contribution in [0.1, 0.15) is 35.4 Å². The molecule has 0 bridgehead atoms. The molecule has 1 N–H and O–H groups in total. The highest BCUT2D eigenvalue weighted by Crippen LogP contribution is 2.23. The summed E-state index contributed by atoms with van der Waals surface area (Å²) in [6, 6.07) is 6.43. The number of hydrogen-bond donors (Lipinski definition) is 1. The molecule has 0 heterocycles. The first-order valence-electron chi connectivity index (χ1n) is 8.63. The third kappa shape index (κ3) is 6.59. The fraction of sp³-hybridized carbons (Fsp3) is 0.300. The Hall–Kier alpha value is -1.83. The molecule has 2 aromatic carbocycles. The number of rotatable bonds is 8. The van der Waals surface area contributed by atoms with Gasteiger partial charge in [-0.15, -0.1) is 0 Å². The molecule has 2 unspecified atom stereocenters. The normalized spacial score (nSPS) is 12.9. The second-order valence-corrected chi connectivity index (χ2v) is 8.01. The predicted octanol–water partition coefficient (Wildman–Crippen LogP) is 5.43. The van der Waals surface area contributed by atoms with Crippen molar-refractivity contribution in [2.45, 2.75) is 25.5 Å². The molecule has 156 valence electrons. The van der Waals surface area contributed by atoms with E-state index < -0.39 is 35.7 Å². The third-order valence-electron chi connectivity index (χ3n) is 4.07. The topological polar surface area (TPSA) is 55.4 Å². The van der Waals surface area contributed by atoms with Gasteiger partial charge in [0.25, 0.3) is 5.91 Å². The standard InChI is InChI=1S/C20H19Cl2F2NO3S/c1-11(14-6-4-13(23)10-17(14)24)28-20(27)18(7-8-29-2)25-19(26)15-5-3-12(21)9-16(15)22/h3-6,9-11,18H,7-8H2,1-2H3,(H,25,26). The second kappa shape index (κ2) is 10.8. The van der Waals surface area contributed by atoms with Crippen LogP contribution in [0.3, 0.4) is 0 Å². The van der Waals surface area contributed by atoms with Crippen LogP contribution in [0.25, 0.3) is 0 Å². The molecule has 2 rings (SSSR count). The van der Waals surface area contributed by atoms with Crippen LogP contribution in [0.5, 0.6) is 0 Å². The van der Waals surface area contributed by atoms with Gasteiger partial charge in [0, 0.05) is 16.7 Å². The maximum atomic E-state index is 13.9. The van der Waals surface area contributed by atoms with Gasteiger partial charge >= 0.3 is 5.97 Å². The van der Waals surface area contributed by atoms with E-state index in [2.05, 4.69) is 5.32 Å². The van der Waals surface area contributed by atoms with Gasteiger partial charge in [-0.05, 0) is 55.7 Å². The molecular formula is C20H19Cl2F2NO3S. The Labute approximate surface area is 181 Å². The lowest BCUT2D eigenvalue weighted by molar-refractivity contribution is -0.151. The number of benzene rings is 2. The first-order valence-corrected chi connectivity index (χ1v) is 10.8. The van der Waals surface area contributed by atoms with Crippen molar-refractivity contribution in [1.82, 2.24) is 5.32 Å². The largest absolute Gasteiger partial charge is 0.456 e. The van der Waals surface area contributed by atoms with Crippen molar-refractivity contribution < 1.29 is 23.1 Å². The van der Waals surface area contributed by atoms with E-state index in [-0.39, 0.29) is 16.1 Å². The molecule has 0 aliphatic carbocycles. The van der Waals surface area contributed by atoms with E-state index in [0.29, 0.717) is 17.2 Å². The number of ether oxygens (including phenoxy) is 1. The van der Waals surface area contributed by atoms with Gasteiger partial charge in [-0.2, -0.15) is 11.8 Å². The zero-order valence-electron chi connectivity index (χ0n) is 15.7. The number of thioether (sulfide) groups is 1. The lowest BCUT2D eigenvalue weighted by atomic mass is 10.1. The molecule has 0 saturated heterocycles. The SMILES string of the molecule is CSCCC(NC(=O)c1ccc(Cl)cc1Cl)C(=O)OC(C)c1ccc(F)cc1F. The number of carbonyl (C=O) groups excluding carboxylic acids is 2. The van der Waals surface area contributed by atoms with E-state index in [1.165, 1.54) is 43.0 Å². The maximum Gasteiger partial charge on any atom is 0.329 e. The molecule has 1 amide bonds. The molecule has 0 aromatic heterocycles. The minimum Gasteiger partial charge on any atom is -0.456 e. The van der Waals surface area contributed by atoms with Crippen molar-refractivity contribution in [3.8, 4) is 0 Å². The number of esters is 1. The third-order valence-corrected chi connectivity index (χ3v) is 5.26. The van der Waals surface area contributed by atoms with E-state index in [1.54, 1.807) is 0 Å². The molecule has 0 fully saturated rings. The summed E-state index contributed by atoms with van der Waals surface area (Å²) in [5, 5.41) is 3.12. The van der Waals surface area contributed by atoms with Crippen molar-refractivity contribution >= 4 is 46.8 Å². The van der Waals surface area contributed by atoms with Crippen LogP contribution in [0.2, 0.25) is 10.0 Å². The average Bonchev–Trinajstić information content (AvgIpc) is 2.64. The number of hydrogen-bond acceptors (Lipinski definition) is 4. The molecule has 9 heteroatoms. The molecular weight excluding hydrogens is 443 g/mol. The molecule has 4 nitrogen and oxygen atoms in total. The highest BCUT2D eigenvalue weighted by Gasteiger charge is 2.26. The predicted molar refractivity (Wildman–Crippen MR) is 112 cm³/mol. The van der Waals surface area contributed by atoms with Crippen molar-refractivity contribution in [3.05, 3.63) is 69.2 Å². The van der Waals surface area contributed by atoms with Crippen LogP contribution in [-0.2, 0) is 9.53 Å². The monoisotopic (exact) mass is 461 g/mol. The molecule has 0 spiro atoms. The summed E-state index contributed by atoms with van der Waals surface area (Å²) in [6.07, 6.45) is 1.20. The van der Waals surface area contributed by atoms with Crippen LogP contribution >= 0.6 is 35.0 Å². The first-order chi connectivity index (χ1) is 13.7. The van der Waals surface area contributed by atoms with E-state index >= 15 is 0 Å². The fourth-order valence-electron chi connectivity index (χ4n) is 2.55. The van der Waals surface area contributed by atoms with Gasteiger partial charge < -0.3 is 10.1 Å². The zero-order chi connectivity index (χ0) is 21.6. The lowest BCUT2D eigenvalue weighted by Crippen LogP contribution is -2.42. The minimum absolute atomic E-state index is 0.0374.